The maximum atomic E-state index is 12.0. The molecular weight excluding hydrogens is 278 g/mol. The Morgan fingerprint density at radius 3 is 2.32 bits per heavy atom. The first kappa shape index (κ1) is 15.9. The summed E-state index contributed by atoms with van der Waals surface area (Å²) in [6.07, 6.45) is 3.45. The maximum Gasteiger partial charge on any atom is 0.233 e. The number of carbonyl (C=O) groups excluding carboxylic acids is 1. The Bertz CT molecular complexity index is 420. The van der Waals surface area contributed by atoms with E-state index in [-0.39, 0.29) is 5.91 Å². The third kappa shape index (κ3) is 5.99. The van der Waals surface area contributed by atoms with Crippen LogP contribution in [0.15, 0.2) is 49.6 Å². The predicted octanol–water partition coefficient (Wildman–Crippen LogP) is 3.77. The van der Waals surface area contributed by atoms with E-state index < -0.39 is 0 Å². The Hall–Kier alpha value is -1.19. The second-order valence-electron chi connectivity index (χ2n) is 4.00. The summed E-state index contributed by atoms with van der Waals surface area (Å²) in [6.45, 7) is 8.43. The summed E-state index contributed by atoms with van der Waals surface area (Å²) in [5.41, 5.74) is 1.17. The summed E-state index contributed by atoms with van der Waals surface area (Å²) in [6, 6.07) is 7.68. The molecule has 1 amide bonds. The number of carbonyl (C=O) groups is 1. The monoisotopic (exact) mass is 295 g/mol. The van der Waals surface area contributed by atoms with Crippen molar-refractivity contribution in [2.75, 3.05) is 18.8 Å². The molecule has 0 radical (unpaired) electrons. The van der Waals surface area contributed by atoms with E-state index in [0.717, 1.165) is 10.8 Å². The topological polar surface area (TPSA) is 20.3 Å². The first-order chi connectivity index (χ1) is 9.17. The molecule has 0 N–H and O–H groups in total. The summed E-state index contributed by atoms with van der Waals surface area (Å²) >= 11 is 7.42. The third-order valence-electron chi connectivity index (χ3n) is 2.46. The van der Waals surface area contributed by atoms with Crippen molar-refractivity contribution >= 4 is 29.3 Å². The van der Waals surface area contributed by atoms with Gasteiger partial charge in [-0.15, -0.1) is 24.9 Å². The van der Waals surface area contributed by atoms with E-state index >= 15 is 0 Å². The van der Waals surface area contributed by atoms with Crippen LogP contribution >= 0.6 is 23.4 Å². The summed E-state index contributed by atoms with van der Waals surface area (Å²) in [4.78, 5) is 13.7. The highest BCUT2D eigenvalue weighted by Crippen LogP contribution is 2.15. The minimum atomic E-state index is 0.110. The molecule has 0 saturated carbocycles. The average molecular weight is 296 g/mol. The average Bonchev–Trinajstić information content (AvgIpc) is 2.40. The highest BCUT2D eigenvalue weighted by atomic mass is 35.5. The zero-order valence-corrected chi connectivity index (χ0v) is 12.4. The largest absolute Gasteiger partial charge is 0.335 e. The number of nitrogens with zero attached hydrogens (tertiary/aromatic N) is 1. The first-order valence-corrected chi connectivity index (χ1v) is 7.52. The molecule has 1 aromatic carbocycles. The minimum Gasteiger partial charge on any atom is -0.335 e. The van der Waals surface area contributed by atoms with E-state index in [1.807, 2.05) is 24.3 Å². The minimum absolute atomic E-state index is 0.110. The zero-order valence-electron chi connectivity index (χ0n) is 10.8. The number of halogens is 1. The molecule has 0 spiro atoms. The summed E-state index contributed by atoms with van der Waals surface area (Å²) in [7, 11) is 0. The Morgan fingerprint density at radius 1 is 1.21 bits per heavy atom. The van der Waals surface area contributed by atoms with Crippen molar-refractivity contribution in [3.05, 3.63) is 60.2 Å². The molecule has 1 aromatic rings. The normalized spacial score (nSPS) is 9.95. The molecule has 0 aromatic heterocycles. The number of amides is 1. The van der Waals surface area contributed by atoms with Crippen molar-refractivity contribution in [1.82, 2.24) is 4.90 Å². The molecule has 0 unspecified atom stereocenters. The molecule has 0 atom stereocenters. The van der Waals surface area contributed by atoms with Crippen LogP contribution in [0.2, 0.25) is 5.02 Å². The van der Waals surface area contributed by atoms with Crippen LogP contribution < -0.4 is 0 Å². The molecule has 0 saturated heterocycles. The van der Waals surface area contributed by atoms with Crippen LogP contribution in [0.1, 0.15) is 5.56 Å². The second kappa shape index (κ2) is 8.83. The van der Waals surface area contributed by atoms with Gasteiger partial charge in [-0.05, 0) is 17.7 Å². The van der Waals surface area contributed by atoms with Crippen molar-refractivity contribution in [3.63, 3.8) is 0 Å². The van der Waals surface area contributed by atoms with Gasteiger partial charge in [-0.3, -0.25) is 4.79 Å². The van der Waals surface area contributed by atoms with Gasteiger partial charge in [0.05, 0.1) is 5.75 Å². The van der Waals surface area contributed by atoms with E-state index in [1.54, 1.807) is 28.8 Å². The van der Waals surface area contributed by atoms with Crippen LogP contribution in [-0.4, -0.2) is 29.6 Å². The fourth-order valence-electron chi connectivity index (χ4n) is 1.52. The lowest BCUT2D eigenvalue weighted by atomic mass is 10.2. The molecule has 0 heterocycles. The molecule has 0 fully saturated rings. The molecule has 102 valence electrons. The first-order valence-electron chi connectivity index (χ1n) is 5.99. The van der Waals surface area contributed by atoms with Crippen LogP contribution in [-0.2, 0) is 10.5 Å². The number of hydrogen-bond acceptors (Lipinski definition) is 2. The van der Waals surface area contributed by atoms with Crippen molar-refractivity contribution in [1.29, 1.82) is 0 Å². The van der Waals surface area contributed by atoms with Gasteiger partial charge in [0.15, 0.2) is 0 Å². The highest BCUT2D eigenvalue weighted by molar-refractivity contribution is 7.99. The fourth-order valence-corrected chi connectivity index (χ4v) is 2.53. The number of hydrogen-bond donors (Lipinski definition) is 0. The number of benzene rings is 1. The van der Waals surface area contributed by atoms with Crippen LogP contribution in [0.3, 0.4) is 0 Å². The van der Waals surface area contributed by atoms with E-state index in [9.17, 15) is 4.79 Å². The van der Waals surface area contributed by atoms with Gasteiger partial charge in [0, 0.05) is 23.9 Å². The van der Waals surface area contributed by atoms with Crippen molar-refractivity contribution in [3.8, 4) is 0 Å². The maximum absolute atomic E-state index is 12.0. The van der Waals surface area contributed by atoms with E-state index in [1.165, 1.54) is 5.56 Å². The Balaban J connectivity index is 2.38. The molecular formula is C15H18ClNOS. The standard InChI is InChI=1S/C15H18ClNOS/c1-3-9-17(10-4-2)15(18)12-19-11-13-5-7-14(16)8-6-13/h3-8H,1-2,9-12H2. The van der Waals surface area contributed by atoms with Gasteiger partial charge < -0.3 is 4.90 Å². The lowest BCUT2D eigenvalue weighted by Crippen LogP contribution is -2.32. The lowest BCUT2D eigenvalue weighted by molar-refractivity contribution is -0.127. The second-order valence-corrected chi connectivity index (χ2v) is 5.42. The molecule has 2 nitrogen and oxygen atoms in total. The quantitative estimate of drug-likeness (QED) is 0.680. The molecule has 0 aliphatic carbocycles. The number of thioether (sulfide) groups is 1. The molecule has 4 heteroatoms. The van der Waals surface area contributed by atoms with Gasteiger partial charge in [-0.25, -0.2) is 0 Å². The van der Waals surface area contributed by atoms with Gasteiger partial charge in [0.1, 0.15) is 0 Å². The van der Waals surface area contributed by atoms with E-state index in [4.69, 9.17) is 11.6 Å². The van der Waals surface area contributed by atoms with Crippen LogP contribution in [0.5, 0.6) is 0 Å². The van der Waals surface area contributed by atoms with E-state index in [2.05, 4.69) is 13.2 Å². The Kier molecular flexibility index (Phi) is 7.38. The van der Waals surface area contributed by atoms with Gasteiger partial charge in [0.25, 0.3) is 0 Å². The lowest BCUT2D eigenvalue weighted by Gasteiger charge is -2.18. The van der Waals surface area contributed by atoms with Crippen molar-refractivity contribution in [2.24, 2.45) is 0 Å². The predicted molar refractivity (Wildman–Crippen MR) is 84.6 cm³/mol. The van der Waals surface area contributed by atoms with Gasteiger partial charge >= 0.3 is 0 Å². The van der Waals surface area contributed by atoms with Gasteiger partial charge in [0.2, 0.25) is 5.91 Å². The fraction of sp³-hybridized carbons (Fsp3) is 0.267. The summed E-state index contributed by atoms with van der Waals surface area (Å²) < 4.78 is 0. The Morgan fingerprint density at radius 2 is 1.79 bits per heavy atom. The van der Waals surface area contributed by atoms with Crippen LogP contribution in [0, 0.1) is 0 Å². The zero-order chi connectivity index (χ0) is 14.1. The van der Waals surface area contributed by atoms with Crippen LogP contribution in [0.25, 0.3) is 0 Å². The summed E-state index contributed by atoms with van der Waals surface area (Å²) in [5.74, 6) is 1.38. The molecule has 19 heavy (non-hydrogen) atoms. The summed E-state index contributed by atoms with van der Waals surface area (Å²) in [5, 5.41) is 0.730. The van der Waals surface area contributed by atoms with Crippen molar-refractivity contribution in [2.45, 2.75) is 5.75 Å². The smallest absolute Gasteiger partial charge is 0.233 e. The third-order valence-corrected chi connectivity index (χ3v) is 3.70. The van der Waals surface area contributed by atoms with Crippen LogP contribution in [0.4, 0.5) is 0 Å². The molecule has 0 bridgehead atoms. The number of rotatable bonds is 8. The van der Waals surface area contributed by atoms with Gasteiger partial charge in [-0.2, -0.15) is 0 Å². The Labute approximate surface area is 124 Å². The van der Waals surface area contributed by atoms with E-state index in [0.29, 0.717) is 18.8 Å². The van der Waals surface area contributed by atoms with Gasteiger partial charge in [-0.1, -0.05) is 35.9 Å². The SMILES string of the molecule is C=CCN(CC=C)C(=O)CSCc1ccc(Cl)cc1. The molecule has 1 rings (SSSR count). The van der Waals surface area contributed by atoms with Crippen molar-refractivity contribution < 1.29 is 4.79 Å². The molecule has 0 aliphatic rings. The molecule has 0 aliphatic heterocycles. The highest BCUT2D eigenvalue weighted by Gasteiger charge is 2.10.